The number of hydrogen-bond acceptors (Lipinski definition) is 6. The number of aromatic nitrogens is 2. The number of rotatable bonds is 6. The van der Waals surface area contributed by atoms with Crippen molar-refractivity contribution in [2.75, 3.05) is 12.3 Å². The van der Waals surface area contributed by atoms with E-state index in [1.165, 1.54) is 12.8 Å². The topological polar surface area (TPSA) is 51.0 Å². The number of nitrogens with one attached hydrogen (secondary N) is 1. The molecule has 1 N–H and O–H groups in total. The van der Waals surface area contributed by atoms with Crippen molar-refractivity contribution < 1.29 is 4.52 Å². The molecule has 1 saturated carbocycles. The summed E-state index contributed by atoms with van der Waals surface area (Å²) in [6, 6.07) is 0.510. The molecule has 0 amide bonds. The molecule has 2 aliphatic rings. The van der Waals surface area contributed by atoms with Crippen LogP contribution in [-0.2, 0) is 6.42 Å². The lowest BCUT2D eigenvalue weighted by Crippen LogP contribution is -2.33. The van der Waals surface area contributed by atoms with Crippen molar-refractivity contribution in [2.45, 2.75) is 61.8 Å². The Morgan fingerprint density at radius 3 is 2.81 bits per heavy atom. The third-order valence-electron chi connectivity index (χ3n) is 4.37. The Balaban J connectivity index is 1.60. The highest BCUT2D eigenvalue weighted by Gasteiger charge is 2.33. The molecule has 118 valence electrons. The number of thioether (sulfide) groups is 2. The molecule has 1 saturated heterocycles. The Kier molecular flexibility index (Phi) is 5.17. The molecule has 4 unspecified atom stereocenters. The highest BCUT2D eigenvalue weighted by atomic mass is 32.2. The Morgan fingerprint density at radius 1 is 1.33 bits per heavy atom. The van der Waals surface area contributed by atoms with Crippen molar-refractivity contribution in [2.24, 2.45) is 5.92 Å². The summed E-state index contributed by atoms with van der Waals surface area (Å²) in [7, 11) is 0. The van der Waals surface area contributed by atoms with Gasteiger partial charge in [0.25, 0.3) is 0 Å². The third-order valence-corrected chi connectivity index (χ3v) is 7.76. The Morgan fingerprint density at radius 2 is 2.14 bits per heavy atom. The molecule has 0 radical (unpaired) electrons. The predicted molar refractivity (Wildman–Crippen MR) is 89.9 cm³/mol. The molecular weight excluding hydrogens is 302 g/mol. The molecule has 2 heterocycles. The maximum absolute atomic E-state index is 5.51. The summed E-state index contributed by atoms with van der Waals surface area (Å²) in [4.78, 5) is 4.67. The smallest absolute Gasteiger partial charge is 0.228 e. The van der Waals surface area contributed by atoms with Gasteiger partial charge in [0, 0.05) is 28.7 Å². The van der Waals surface area contributed by atoms with E-state index in [0.29, 0.717) is 21.8 Å². The lowest BCUT2D eigenvalue weighted by Gasteiger charge is -2.29. The van der Waals surface area contributed by atoms with E-state index < -0.39 is 0 Å². The fourth-order valence-electron chi connectivity index (χ4n) is 2.76. The summed E-state index contributed by atoms with van der Waals surface area (Å²) in [6.07, 6.45) is 3.55. The molecule has 21 heavy (non-hydrogen) atoms. The standard InChI is InChI=1S/C15H25N3OS2/c1-4-16-12(11-5-6-11)7-14-17-15(18-19-14)13-8-20-9(2)10(3)21-13/h9-13,16H,4-8H2,1-3H3. The van der Waals surface area contributed by atoms with Crippen LogP contribution in [-0.4, -0.2) is 39.0 Å². The Hall–Kier alpha value is -0.200. The van der Waals surface area contributed by atoms with Crippen LogP contribution in [0.3, 0.4) is 0 Å². The number of likely N-dealkylation sites (N-methyl/N-ethyl adjacent to an activating group) is 1. The van der Waals surface area contributed by atoms with Gasteiger partial charge in [-0.3, -0.25) is 0 Å². The molecule has 1 aliphatic heterocycles. The summed E-state index contributed by atoms with van der Waals surface area (Å²) < 4.78 is 5.51. The quantitative estimate of drug-likeness (QED) is 0.865. The van der Waals surface area contributed by atoms with Crippen LogP contribution in [0.15, 0.2) is 4.52 Å². The van der Waals surface area contributed by atoms with E-state index >= 15 is 0 Å². The molecule has 1 aromatic rings. The molecule has 1 aliphatic carbocycles. The average Bonchev–Trinajstić information content (AvgIpc) is 3.21. The van der Waals surface area contributed by atoms with E-state index in [4.69, 9.17) is 4.52 Å². The first-order chi connectivity index (χ1) is 10.2. The molecule has 2 fully saturated rings. The summed E-state index contributed by atoms with van der Waals surface area (Å²) in [5.74, 6) is 3.60. The molecule has 0 bridgehead atoms. The van der Waals surface area contributed by atoms with Crippen molar-refractivity contribution in [1.82, 2.24) is 15.5 Å². The molecule has 3 rings (SSSR count). The fourth-order valence-corrected chi connectivity index (χ4v) is 5.59. The highest BCUT2D eigenvalue weighted by molar-refractivity contribution is 8.07. The number of nitrogens with zero attached hydrogens (tertiary/aromatic N) is 2. The van der Waals surface area contributed by atoms with E-state index in [2.05, 4.69) is 36.2 Å². The van der Waals surface area contributed by atoms with Crippen molar-refractivity contribution in [3.05, 3.63) is 11.7 Å². The summed E-state index contributed by atoms with van der Waals surface area (Å²) in [5, 5.41) is 9.55. The SMILES string of the molecule is CCNC(Cc1nc(C2CSC(C)C(C)S2)no1)C1CC1. The second-order valence-electron chi connectivity index (χ2n) is 6.12. The zero-order valence-electron chi connectivity index (χ0n) is 13.0. The van der Waals surface area contributed by atoms with Crippen LogP contribution >= 0.6 is 23.5 Å². The van der Waals surface area contributed by atoms with Gasteiger partial charge < -0.3 is 9.84 Å². The highest BCUT2D eigenvalue weighted by Crippen LogP contribution is 2.43. The molecular formula is C15H25N3OS2. The maximum Gasteiger partial charge on any atom is 0.228 e. The number of hydrogen-bond donors (Lipinski definition) is 1. The maximum atomic E-state index is 5.51. The van der Waals surface area contributed by atoms with Crippen LogP contribution in [0.5, 0.6) is 0 Å². The minimum absolute atomic E-state index is 0.386. The van der Waals surface area contributed by atoms with Gasteiger partial charge in [0.1, 0.15) is 0 Å². The first kappa shape index (κ1) is 15.7. The largest absolute Gasteiger partial charge is 0.339 e. The van der Waals surface area contributed by atoms with Crippen molar-refractivity contribution in [3.63, 3.8) is 0 Å². The zero-order valence-corrected chi connectivity index (χ0v) is 14.7. The molecule has 1 aromatic heterocycles. The van der Waals surface area contributed by atoms with Gasteiger partial charge in [-0.05, 0) is 25.3 Å². The zero-order chi connectivity index (χ0) is 14.8. The first-order valence-electron chi connectivity index (χ1n) is 8.00. The molecule has 4 nitrogen and oxygen atoms in total. The van der Waals surface area contributed by atoms with Crippen LogP contribution in [0.4, 0.5) is 0 Å². The van der Waals surface area contributed by atoms with E-state index in [9.17, 15) is 0 Å². The second kappa shape index (κ2) is 6.92. The van der Waals surface area contributed by atoms with Gasteiger partial charge in [0.05, 0.1) is 5.25 Å². The molecule has 6 heteroatoms. The second-order valence-corrected chi connectivity index (χ2v) is 9.12. The van der Waals surface area contributed by atoms with Gasteiger partial charge in [-0.25, -0.2) is 0 Å². The van der Waals surface area contributed by atoms with E-state index in [1.54, 1.807) is 0 Å². The molecule has 0 aromatic carbocycles. The van der Waals surface area contributed by atoms with E-state index in [1.807, 2.05) is 23.5 Å². The van der Waals surface area contributed by atoms with Gasteiger partial charge in [-0.2, -0.15) is 16.7 Å². The normalized spacial score (nSPS) is 31.3. The summed E-state index contributed by atoms with van der Waals surface area (Å²) in [5.41, 5.74) is 0. The van der Waals surface area contributed by atoms with Crippen LogP contribution in [0, 0.1) is 5.92 Å². The van der Waals surface area contributed by atoms with Gasteiger partial charge >= 0.3 is 0 Å². The van der Waals surface area contributed by atoms with Crippen LogP contribution < -0.4 is 5.32 Å². The Bertz CT molecular complexity index is 464. The van der Waals surface area contributed by atoms with Gasteiger partial charge in [0.2, 0.25) is 5.89 Å². The lowest BCUT2D eigenvalue weighted by molar-refractivity contribution is 0.345. The van der Waals surface area contributed by atoms with Crippen LogP contribution in [0.25, 0.3) is 0 Å². The predicted octanol–water partition coefficient (Wildman–Crippen LogP) is 3.30. The molecule has 0 spiro atoms. The van der Waals surface area contributed by atoms with Crippen LogP contribution in [0.2, 0.25) is 0 Å². The van der Waals surface area contributed by atoms with E-state index in [0.717, 1.165) is 36.4 Å². The van der Waals surface area contributed by atoms with Crippen molar-refractivity contribution >= 4 is 23.5 Å². The van der Waals surface area contributed by atoms with Crippen molar-refractivity contribution in [1.29, 1.82) is 0 Å². The fraction of sp³-hybridized carbons (Fsp3) is 0.867. The minimum atomic E-state index is 0.386. The first-order valence-corrected chi connectivity index (χ1v) is 9.99. The minimum Gasteiger partial charge on any atom is -0.339 e. The van der Waals surface area contributed by atoms with Gasteiger partial charge in [0.15, 0.2) is 5.82 Å². The monoisotopic (exact) mass is 327 g/mol. The van der Waals surface area contributed by atoms with Gasteiger partial charge in [-0.1, -0.05) is 25.9 Å². The third kappa shape index (κ3) is 3.96. The Labute approximate surface area is 135 Å². The average molecular weight is 328 g/mol. The van der Waals surface area contributed by atoms with Crippen LogP contribution in [0.1, 0.15) is 50.6 Å². The summed E-state index contributed by atoms with van der Waals surface area (Å²) in [6.45, 7) is 7.76. The lowest BCUT2D eigenvalue weighted by atomic mass is 10.1. The summed E-state index contributed by atoms with van der Waals surface area (Å²) >= 11 is 4.01. The van der Waals surface area contributed by atoms with E-state index in [-0.39, 0.29) is 0 Å². The van der Waals surface area contributed by atoms with Crippen molar-refractivity contribution in [3.8, 4) is 0 Å². The van der Waals surface area contributed by atoms with Gasteiger partial charge in [-0.15, -0.1) is 11.8 Å². The molecule has 4 atom stereocenters.